The quantitative estimate of drug-likeness (QED) is 0.238. The zero-order chi connectivity index (χ0) is 29.6. The number of nitrogens with one attached hydrogen (secondary N) is 1. The number of methoxy groups -OCH3 is 1. The van der Waals surface area contributed by atoms with E-state index < -0.39 is 47.9 Å². The molecule has 4 aromatic rings. The van der Waals surface area contributed by atoms with Crippen LogP contribution in [-0.2, 0) is 18.9 Å². The molecule has 2 aliphatic rings. The van der Waals surface area contributed by atoms with Crippen LogP contribution < -0.4 is 15.7 Å². The van der Waals surface area contributed by atoms with Gasteiger partial charge in [-0.3, -0.25) is 4.79 Å². The molecule has 42 heavy (non-hydrogen) atoms. The van der Waals surface area contributed by atoms with E-state index in [0.717, 1.165) is 11.1 Å². The molecule has 0 radical (unpaired) electrons. The molecule has 0 spiro atoms. The molecule has 3 heterocycles. The number of fused-ring (bicyclic) bond motifs is 2. The van der Waals surface area contributed by atoms with Gasteiger partial charge in [-0.25, -0.2) is 9.59 Å². The molecule has 4 atom stereocenters. The van der Waals surface area contributed by atoms with Gasteiger partial charge in [-0.2, -0.15) is 0 Å². The minimum atomic E-state index is -1.01. The Morgan fingerprint density at radius 2 is 1.64 bits per heavy atom. The monoisotopic (exact) mass is 571 g/mol. The molecule has 10 nitrogen and oxygen atoms in total. The van der Waals surface area contributed by atoms with E-state index >= 15 is 0 Å². The van der Waals surface area contributed by atoms with Gasteiger partial charge in [0.15, 0.2) is 6.10 Å². The van der Waals surface area contributed by atoms with Gasteiger partial charge < -0.3 is 33.4 Å². The van der Waals surface area contributed by atoms with E-state index in [1.165, 1.54) is 7.11 Å². The number of carbonyl (C=O) groups excluding carboxylic acids is 2. The Kier molecular flexibility index (Phi) is 6.96. The van der Waals surface area contributed by atoms with Gasteiger partial charge in [0, 0.05) is 23.6 Å². The number of aryl methyl sites for hydroxylation is 1. The molecule has 3 aromatic carbocycles. The van der Waals surface area contributed by atoms with Crippen molar-refractivity contribution in [3.63, 3.8) is 0 Å². The lowest BCUT2D eigenvalue weighted by molar-refractivity contribution is -0.282. The van der Waals surface area contributed by atoms with Crippen molar-refractivity contribution in [3.05, 3.63) is 94.3 Å². The van der Waals surface area contributed by atoms with Crippen molar-refractivity contribution in [2.24, 2.45) is 0 Å². The number of carbonyl (C=O) groups is 2. The van der Waals surface area contributed by atoms with Crippen LogP contribution in [0.3, 0.4) is 0 Å². The predicted octanol–water partition coefficient (Wildman–Crippen LogP) is 5.45. The van der Waals surface area contributed by atoms with E-state index in [1.807, 2.05) is 42.5 Å². The first-order chi connectivity index (χ1) is 20.2. The topological polar surface area (TPSA) is 123 Å². The van der Waals surface area contributed by atoms with Crippen molar-refractivity contribution in [1.29, 1.82) is 0 Å². The average Bonchev–Trinajstić information content (AvgIpc) is 3.36. The number of rotatable bonds is 6. The van der Waals surface area contributed by atoms with Gasteiger partial charge >= 0.3 is 11.8 Å². The van der Waals surface area contributed by atoms with Crippen LogP contribution in [0.4, 0.5) is 10.5 Å². The molecule has 0 unspecified atom stereocenters. The molecule has 6 rings (SSSR count). The molecular weight excluding hydrogens is 542 g/mol. The van der Waals surface area contributed by atoms with Crippen molar-refractivity contribution in [2.45, 2.75) is 51.0 Å². The fourth-order valence-electron chi connectivity index (χ4n) is 5.55. The second kappa shape index (κ2) is 10.6. The third-order valence-electron chi connectivity index (χ3n) is 7.56. The summed E-state index contributed by atoms with van der Waals surface area (Å²) in [6.07, 6.45) is -4.00. The van der Waals surface area contributed by atoms with Crippen LogP contribution in [-0.4, -0.2) is 49.4 Å². The van der Waals surface area contributed by atoms with E-state index in [9.17, 15) is 14.4 Å². The van der Waals surface area contributed by atoms with Gasteiger partial charge in [0.05, 0.1) is 5.60 Å². The minimum absolute atomic E-state index is 0.00395. The summed E-state index contributed by atoms with van der Waals surface area (Å²) in [6.45, 7) is 5.34. The predicted molar refractivity (Wildman–Crippen MR) is 153 cm³/mol. The average molecular weight is 572 g/mol. The molecule has 0 aliphatic carbocycles. The summed E-state index contributed by atoms with van der Waals surface area (Å²) in [5.74, 6) is -0.0790. The fourth-order valence-corrected chi connectivity index (χ4v) is 5.55. The van der Waals surface area contributed by atoms with Gasteiger partial charge in [0.1, 0.15) is 23.1 Å². The number of amides is 1. The Morgan fingerprint density at radius 1 is 0.929 bits per heavy atom. The third-order valence-corrected chi connectivity index (χ3v) is 7.56. The third kappa shape index (κ3) is 4.88. The molecule has 2 fully saturated rings. The zero-order valence-electron chi connectivity index (χ0n) is 23.4. The van der Waals surface area contributed by atoms with Crippen LogP contribution in [0.25, 0.3) is 22.1 Å². The van der Waals surface area contributed by atoms with Crippen molar-refractivity contribution in [1.82, 2.24) is 0 Å². The van der Waals surface area contributed by atoms with E-state index in [1.54, 1.807) is 51.1 Å². The Morgan fingerprint density at radius 3 is 2.40 bits per heavy atom. The number of ether oxygens (including phenoxy) is 5. The maximum atomic E-state index is 13.3. The first-order valence-corrected chi connectivity index (χ1v) is 13.4. The number of hydrogen-bond donors (Lipinski definition) is 1. The Labute approximate surface area is 241 Å². The van der Waals surface area contributed by atoms with Gasteiger partial charge in [-0.1, -0.05) is 48.5 Å². The Hall–Kier alpha value is -4.67. The minimum Gasteiger partial charge on any atom is -0.460 e. The highest BCUT2D eigenvalue weighted by atomic mass is 16.8. The van der Waals surface area contributed by atoms with Crippen LogP contribution >= 0.6 is 0 Å². The summed E-state index contributed by atoms with van der Waals surface area (Å²) < 4.78 is 34.2. The largest absolute Gasteiger partial charge is 0.509 e. The second-order valence-electron chi connectivity index (χ2n) is 10.7. The lowest BCUT2D eigenvalue weighted by Gasteiger charge is -2.45. The van der Waals surface area contributed by atoms with Gasteiger partial charge in [-0.05, 0) is 56.2 Å². The van der Waals surface area contributed by atoms with Crippen LogP contribution in [0.5, 0.6) is 5.75 Å². The summed E-state index contributed by atoms with van der Waals surface area (Å²) in [7, 11) is 1.51. The number of benzene rings is 3. The molecule has 2 saturated heterocycles. The van der Waals surface area contributed by atoms with Crippen molar-refractivity contribution >= 4 is 28.7 Å². The van der Waals surface area contributed by atoms with E-state index in [2.05, 4.69) is 5.32 Å². The zero-order valence-corrected chi connectivity index (χ0v) is 23.4. The molecule has 1 amide bonds. The molecule has 2 aliphatic heterocycles. The van der Waals surface area contributed by atoms with E-state index in [-0.39, 0.29) is 11.3 Å². The molecule has 10 heteroatoms. The summed E-state index contributed by atoms with van der Waals surface area (Å²) in [5, 5.41) is 3.28. The molecule has 216 valence electrons. The molecule has 0 saturated carbocycles. The molecule has 0 bridgehead atoms. The maximum Gasteiger partial charge on any atom is 0.509 e. The maximum absolute atomic E-state index is 13.3. The smallest absolute Gasteiger partial charge is 0.460 e. The molecule has 1 aromatic heterocycles. The van der Waals surface area contributed by atoms with E-state index in [0.29, 0.717) is 22.3 Å². The second-order valence-corrected chi connectivity index (χ2v) is 10.7. The highest BCUT2D eigenvalue weighted by molar-refractivity contribution is 6.09. The fraction of sp³-hybridized carbons (Fsp3) is 0.281. The highest BCUT2D eigenvalue weighted by Gasteiger charge is 2.59. The van der Waals surface area contributed by atoms with Crippen molar-refractivity contribution in [3.8, 4) is 16.9 Å². The lowest BCUT2D eigenvalue weighted by Crippen LogP contribution is -2.62. The van der Waals surface area contributed by atoms with Crippen LogP contribution in [0.2, 0.25) is 0 Å². The summed E-state index contributed by atoms with van der Waals surface area (Å²) in [6, 6.07) is 21.7. The van der Waals surface area contributed by atoms with Gasteiger partial charge in [0.2, 0.25) is 12.4 Å². The number of anilines is 1. The highest BCUT2D eigenvalue weighted by Crippen LogP contribution is 2.39. The van der Waals surface area contributed by atoms with Crippen LogP contribution in [0.1, 0.15) is 29.8 Å². The van der Waals surface area contributed by atoms with Gasteiger partial charge in [0.25, 0.3) is 5.91 Å². The van der Waals surface area contributed by atoms with Crippen molar-refractivity contribution in [2.75, 3.05) is 12.4 Å². The standard InChI is InChI=1S/C32H29NO9/c1-17-23(38-30-26-25(40-31(36)41-26)27(37-4)32(2,3)42-30)15-14-19-16-22(29(35)39-24(17)19)33-28(34)21-13-9-8-12-20(21)18-10-6-5-7-11-18/h5-16,25-27,30H,1-4H3,(H,33,34)/t25-,26+,27+,30+/m0/s1. The lowest BCUT2D eigenvalue weighted by atomic mass is 9.89. The summed E-state index contributed by atoms with van der Waals surface area (Å²) >= 11 is 0. The van der Waals surface area contributed by atoms with Crippen LogP contribution in [0, 0.1) is 6.92 Å². The Bertz CT molecular complexity index is 1730. The van der Waals surface area contributed by atoms with Crippen molar-refractivity contribution < 1.29 is 37.7 Å². The first-order valence-electron chi connectivity index (χ1n) is 13.4. The summed E-state index contributed by atoms with van der Waals surface area (Å²) in [5.41, 5.74) is 1.26. The molecule has 1 N–H and O–H groups in total. The normalized spacial score (nSPS) is 22.6. The van der Waals surface area contributed by atoms with E-state index in [4.69, 9.17) is 28.1 Å². The van der Waals surface area contributed by atoms with Gasteiger partial charge in [-0.15, -0.1) is 0 Å². The SMILES string of the molecule is CO[C@@H]1[C@H]2OC(=O)O[C@H]2[C@H](Oc2ccc3cc(NC(=O)c4ccccc4-c4ccccc4)c(=O)oc3c2C)OC1(C)C. The summed E-state index contributed by atoms with van der Waals surface area (Å²) in [4.78, 5) is 38.2. The first kappa shape index (κ1) is 27.5. The molecular formula is C32H29NO9. The number of hydrogen-bond acceptors (Lipinski definition) is 9. The van der Waals surface area contributed by atoms with Crippen LogP contribution in [0.15, 0.2) is 82.0 Å². The Balaban J connectivity index is 1.27.